The highest BCUT2D eigenvalue weighted by molar-refractivity contribution is 5.71. The molecule has 0 saturated heterocycles. The van der Waals surface area contributed by atoms with E-state index in [1.54, 1.807) is 0 Å². The predicted molar refractivity (Wildman–Crippen MR) is 87.9 cm³/mol. The maximum Gasteiger partial charge on any atom is 0.135 e. The van der Waals surface area contributed by atoms with Crippen LogP contribution in [0.15, 0.2) is 72.8 Å². The SMILES string of the molecule is Cc1ccc(Oc2ccc(C)cc2-c2ccccc2)cc1. The lowest BCUT2D eigenvalue weighted by atomic mass is 10.0. The number of ether oxygens (including phenoxy) is 1. The first-order valence-electron chi connectivity index (χ1n) is 7.13. The molecule has 0 atom stereocenters. The zero-order chi connectivity index (χ0) is 14.7. The quantitative estimate of drug-likeness (QED) is 0.589. The van der Waals surface area contributed by atoms with Crippen molar-refractivity contribution in [3.8, 4) is 22.6 Å². The van der Waals surface area contributed by atoms with E-state index in [0.717, 1.165) is 17.1 Å². The third kappa shape index (κ3) is 3.14. The van der Waals surface area contributed by atoms with Crippen LogP contribution in [0.2, 0.25) is 0 Å². The zero-order valence-corrected chi connectivity index (χ0v) is 12.3. The van der Waals surface area contributed by atoms with Crippen molar-refractivity contribution in [2.75, 3.05) is 0 Å². The molecule has 0 aromatic heterocycles. The van der Waals surface area contributed by atoms with Crippen molar-refractivity contribution in [2.24, 2.45) is 0 Å². The van der Waals surface area contributed by atoms with E-state index in [2.05, 4.69) is 50.2 Å². The minimum Gasteiger partial charge on any atom is -0.457 e. The van der Waals surface area contributed by atoms with Crippen molar-refractivity contribution in [1.82, 2.24) is 0 Å². The molecule has 3 aromatic carbocycles. The second kappa shape index (κ2) is 5.84. The molecule has 3 aromatic rings. The molecule has 1 heteroatoms. The molecule has 0 spiro atoms. The van der Waals surface area contributed by atoms with Crippen LogP contribution in [0, 0.1) is 13.8 Å². The van der Waals surface area contributed by atoms with Crippen LogP contribution in [0.3, 0.4) is 0 Å². The molecule has 0 bridgehead atoms. The van der Waals surface area contributed by atoms with E-state index in [9.17, 15) is 0 Å². The molecule has 0 unspecified atom stereocenters. The van der Waals surface area contributed by atoms with E-state index in [4.69, 9.17) is 4.74 Å². The van der Waals surface area contributed by atoms with Crippen LogP contribution in [0.4, 0.5) is 0 Å². The van der Waals surface area contributed by atoms with Crippen molar-refractivity contribution < 1.29 is 4.74 Å². The molecule has 1 nitrogen and oxygen atoms in total. The summed E-state index contributed by atoms with van der Waals surface area (Å²) in [5.41, 5.74) is 4.75. The van der Waals surface area contributed by atoms with Crippen LogP contribution in [0.5, 0.6) is 11.5 Å². The number of hydrogen-bond acceptors (Lipinski definition) is 1. The summed E-state index contributed by atoms with van der Waals surface area (Å²) in [5, 5.41) is 0. The molecule has 104 valence electrons. The summed E-state index contributed by atoms with van der Waals surface area (Å²) < 4.78 is 6.07. The molecule has 0 saturated carbocycles. The summed E-state index contributed by atoms with van der Waals surface area (Å²) in [6.45, 7) is 4.17. The van der Waals surface area contributed by atoms with Gasteiger partial charge < -0.3 is 4.74 Å². The van der Waals surface area contributed by atoms with Crippen molar-refractivity contribution >= 4 is 0 Å². The fraction of sp³-hybridized carbons (Fsp3) is 0.100. The summed E-state index contributed by atoms with van der Waals surface area (Å²) >= 11 is 0. The third-order valence-electron chi connectivity index (χ3n) is 3.47. The lowest BCUT2D eigenvalue weighted by molar-refractivity contribution is 0.484. The zero-order valence-electron chi connectivity index (χ0n) is 12.3. The first-order chi connectivity index (χ1) is 10.2. The molecule has 0 aliphatic carbocycles. The van der Waals surface area contributed by atoms with Crippen molar-refractivity contribution in [1.29, 1.82) is 0 Å². The average molecular weight is 274 g/mol. The Morgan fingerprint density at radius 3 is 2.05 bits per heavy atom. The van der Waals surface area contributed by atoms with Gasteiger partial charge in [-0.15, -0.1) is 0 Å². The Hall–Kier alpha value is -2.54. The van der Waals surface area contributed by atoms with Gasteiger partial charge >= 0.3 is 0 Å². The largest absolute Gasteiger partial charge is 0.457 e. The van der Waals surface area contributed by atoms with E-state index in [-0.39, 0.29) is 0 Å². The normalized spacial score (nSPS) is 10.4. The molecule has 0 N–H and O–H groups in total. The van der Waals surface area contributed by atoms with Gasteiger partial charge in [0.15, 0.2) is 0 Å². The Balaban J connectivity index is 2.00. The highest BCUT2D eigenvalue weighted by Gasteiger charge is 2.07. The highest BCUT2D eigenvalue weighted by atomic mass is 16.5. The van der Waals surface area contributed by atoms with E-state index < -0.39 is 0 Å². The van der Waals surface area contributed by atoms with Gasteiger partial charge in [-0.05, 0) is 43.7 Å². The van der Waals surface area contributed by atoms with Gasteiger partial charge in [0.1, 0.15) is 11.5 Å². The predicted octanol–water partition coefficient (Wildman–Crippen LogP) is 5.76. The Kier molecular flexibility index (Phi) is 3.74. The van der Waals surface area contributed by atoms with Gasteiger partial charge in [0, 0.05) is 5.56 Å². The smallest absolute Gasteiger partial charge is 0.135 e. The number of rotatable bonds is 3. The number of hydrogen-bond donors (Lipinski definition) is 0. The Morgan fingerprint density at radius 1 is 0.667 bits per heavy atom. The van der Waals surface area contributed by atoms with Crippen LogP contribution in [-0.2, 0) is 0 Å². The Labute approximate surface area is 125 Å². The van der Waals surface area contributed by atoms with Gasteiger partial charge in [0.25, 0.3) is 0 Å². The van der Waals surface area contributed by atoms with E-state index >= 15 is 0 Å². The topological polar surface area (TPSA) is 9.23 Å². The standard InChI is InChI=1S/C20H18O/c1-15-8-11-18(12-9-15)21-20-13-10-16(2)14-19(20)17-6-4-3-5-7-17/h3-14H,1-2H3. The molecule has 0 fully saturated rings. The van der Waals surface area contributed by atoms with Crippen LogP contribution < -0.4 is 4.74 Å². The van der Waals surface area contributed by atoms with Gasteiger partial charge in [0.2, 0.25) is 0 Å². The van der Waals surface area contributed by atoms with Crippen molar-refractivity contribution in [3.63, 3.8) is 0 Å². The van der Waals surface area contributed by atoms with Crippen LogP contribution in [-0.4, -0.2) is 0 Å². The average Bonchev–Trinajstić information content (AvgIpc) is 2.52. The summed E-state index contributed by atoms with van der Waals surface area (Å²) in [6, 6.07) is 24.8. The maximum atomic E-state index is 6.07. The molecule has 21 heavy (non-hydrogen) atoms. The second-order valence-corrected chi connectivity index (χ2v) is 5.28. The van der Waals surface area contributed by atoms with E-state index in [1.165, 1.54) is 16.7 Å². The fourth-order valence-corrected chi connectivity index (χ4v) is 2.31. The number of aryl methyl sites for hydroxylation is 2. The van der Waals surface area contributed by atoms with E-state index in [0.29, 0.717) is 0 Å². The lowest BCUT2D eigenvalue weighted by Crippen LogP contribution is -1.89. The van der Waals surface area contributed by atoms with Crippen LogP contribution in [0.25, 0.3) is 11.1 Å². The summed E-state index contributed by atoms with van der Waals surface area (Å²) in [6.07, 6.45) is 0. The van der Waals surface area contributed by atoms with Gasteiger partial charge in [-0.25, -0.2) is 0 Å². The van der Waals surface area contributed by atoms with Crippen molar-refractivity contribution in [3.05, 3.63) is 83.9 Å². The molecule has 0 amide bonds. The molecule has 0 radical (unpaired) electrons. The molecular weight excluding hydrogens is 256 g/mol. The van der Waals surface area contributed by atoms with Gasteiger partial charge in [0.05, 0.1) is 0 Å². The minimum absolute atomic E-state index is 0.863. The van der Waals surface area contributed by atoms with Gasteiger partial charge in [-0.3, -0.25) is 0 Å². The Morgan fingerprint density at radius 2 is 1.33 bits per heavy atom. The van der Waals surface area contributed by atoms with Crippen molar-refractivity contribution in [2.45, 2.75) is 13.8 Å². The third-order valence-corrected chi connectivity index (χ3v) is 3.47. The van der Waals surface area contributed by atoms with Crippen LogP contribution >= 0.6 is 0 Å². The monoisotopic (exact) mass is 274 g/mol. The summed E-state index contributed by atoms with van der Waals surface area (Å²) in [5.74, 6) is 1.75. The van der Waals surface area contributed by atoms with Gasteiger partial charge in [-0.2, -0.15) is 0 Å². The first kappa shape index (κ1) is 13.4. The van der Waals surface area contributed by atoms with Gasteiger partial charge in [-0.1, -0.05) is 59.7 Å². The molecule has 3 rings (SSSR count). The molecule has 0 aliphatic rings. The minimum atomic E-state index is 0.863. The second-order valence-electron chi connectivity index (χ2n) is 5.28. The summed E-state index contributed by atoms with van der Waals surface area (Å²) in [4.78, 5) is 0. The molecule has 0 heterocycles. The lowest BCUT2D eigenvalue weighted by Gasteiger charge is -2.12. The fourth-order valence-electron chi connectivity index (χ4n) is 2.31. The van der Waals surface area contributed by atoms with Crippen LogP contribution in [0.1, 0.15) is 11.1 Å². The van der Waals surface area contributed by atoms with E-state index in [1.807, 2.05) is 36.4 Å². The maximum absolute atomic E-state index is 6.07. The number of benzene rings is 3. The first-order valence-corrected chi connectivity index (χ1v) is 7.13. The molecule has 0 aliphatic heterocycles. The highest BCUT2D eigenvalue weighted by Crippen LogP contribution is 2.34. The summed E-state index contributed by atoms with van der Waals surface area (Å²) in [7, 11) is 0. The molecular formula is C20H18O. The Bertz CT molecular complexity index is 728.